The van der Waals surface area contributed by atoms with Gasteiger partial charge in [-0.2, -0.15) is 13.2 Å². The molecule has 1 amide bonds. The van der Waals surface area contributed by atoms with Gasteiger partial charge < -0.3 is 10.1 Å². The number of methoxy groups -OCH3 is 1. The summed E-state index contributed by atoms with van der Waals surface area (Å²) in [6.07, 6.45) is -4.46. The average molecular weight is 374 g/mol. The van der Waals surface area contributed by atoms with Crippen LogP contribution >= 0.6 is 15.9 Å². The van der Waals surface area contributed by atoms with Crippen LogP contribution < -0.4 is 10.1 Å². The van der Waals surface area contributed by atoms with Gasteiger partial charge in [0.2, 0.25) is 0 Å². The smallest absolute Gasteiger partial charge is 0.416 e. The first-order valence-corrected chi connectivity index (χ1v) is 6.92. The van der Waals surface area contributed by atoms with Crippen molar-refractivity contribution in [1.82, 2.24) is 0 Å². The molecule has 0 spiro atoms. The molecule has 0 atom stereocenters. The van der Waals surface area contributed by atoms with Crippen LogP contribution in [0.25, 0.3) is 0 Å². The molecule has 0 aliphatic heterocycles. The second-order valence-electron chi connectivity index (χ2n) is 4.38. The van der Waals surface area contributed by atoms with Crippen molar-refractivity contribution in [1.29, 1.82) is 0 Å². The summed E-state index contributed by atoms with van der Waals surface area (Å²) in [5, 5.41) is 2.43. The summed E-state index contributed by atoms with van der Waals surface area (Å²) in [6, 6.07) is 9.25. The van der Waals surface area contributed by atoms with Gasteiger partial charge in [0.15, 0.2) is 0 Å². The first-order valence-electron chi connectivity index (χ1n) is 6.13. The third kappa shape index (κ3) is 3.79. The highest BCUT2D eigenvalue weighted by molar-refractivity contribution is 9.10. The summed E-state index contributed by atoms with van der Waals surface area (Å²) in [7, 11) is 1.41. The number of amides is 1. The van der Waals surface area contributed by atoms with Crippen LogP contribution in [0.5, 0.6) is 5.75 Å². The molecular formula is C15H11BrF3NO2. The van der Waals surface area contributed by atoms with Crippen LogP contribution in [0.1, 0.15) is 15.9 Å². The normalized spacial score (nSPS) is 11.1. The summed E-state index contributed by atoms with van der Waals surface area (Å²) in [6.45, 7) is 0. The molecule has 2 aromatic carbocycles. The Labute approximate surface area is 133 Å². The quantitative estimate of drug-likeness (QED) is 0.844. The van der Waals surface area contributed by atoms with Crippen LogP contribution in [0.2, 0.25) is 0 Å². The number of anilines is 1. The van der Waals surface area contributed by atoms with Crippen molar-refractivity contribution in [3.63, 3.8) is 0 Å². The topological polar surface area (TPSA) is 38.3 Å². The van der Waals surface area contributed by atoms with E-state index in [1.165, 1.54) is 25.3 Å². The highest BCUT2D eigenvalue weighted by Crippen LogP contribution is 2.31. The van der Waals surface area contributed by atoms with E-state index >= 15 is 0 Å². The molecular weight excluding hydrogens is 363 g/mol. The van der Waals surface area contributed by atoms with E-state index in [0.29, 0.717) is 10.2 Å². The third-order valence-corrected chi connectivity index (χ3v) is 3.35. The number of rotatable bonds is 3. The molecule has 1 N–H and O–H groups in total. The minimum Gasteiger partial charge on any atom is -0.496 e. The van der Waals surface area contributed by atoms with Crippen molar-refractivity contribution in [2.45, 2.75) is 6.18 Å². The maximum Gasteiger partial charge on any atom is 0.416 e. The minimum atomic E-state index is -4.46. The van der Waals surface area contributed by atoms with Gasteiger partial charge in [0.1, 0.15) is 5.75 Å². The number of hydrogen-bond donors (Lipinski definition) is 1. The molecule has 0 bridgehead atoms. The zero-order chi connectivity index (χ0) is 16.3. The molecule has 0 saturated carbocycles. The fourth-order valence-corrected chi connectivity index (χ4v) is 2.19. The van der Waals surface area contributed by atoms with Crippen LogP contribution in [0, 0.1) is 0 Å². The summed E-state index contributed by atoms with van der Waals surface area (Å²) < 4.78 is 43.7. The van der Waals surface area contributed by atoms with E-state index in [0.717, 1.165) is 12.1 Å². The summed E-state index contributed by atoms with van der Waals surface area (Å²) in [5.74, 6) is -0.231. The van der Waals surface area contributed by atoms with E-state index in [9.17, 15) is 18.0 Å². The molecule has 0 aliphatic carbocycles. The monoisotopic (exact) mass is 373 g/mol. The predicted molar refractivity (Wildman–Crippen MR) is 80.1 cm³/mol. The first kappa shape index (κ1) is 16.4. The van der Waals surface area contributed by atoms with Crippen molar-refractivity contribution < 1.29 is 22.7 Å². The molecule has 2 aromatic rings. The Balaban J connectivity index is 2.28. The number of alkyl halides is 3. The van der Waals surface area contributed by atoms with E-state index in [-0.39, 0.29) is 11.3 Å². The van der Waals surface area contributed by atoms with Crippen molar-refractivity contribution in [2.75, 3.05) is 12.4 Å². The van der Waals surface area contributed by atoms with Gasteiger partial charge in [0.05, 0.1) is 18.2 Å². The number of benzene rings is 2. The standard InChI is InChI=1S/C15H11BrF3NO2/c1-22-13-6-5-10(16)8-12(13)14(21)20-11-4-2-3-9(7-11)15(17,18)19/h2-8H,1H3,(H,20,21). The van der Waals surface area contributed by atoms with E-state index < -0.39 is 17.6 Å². The van der Waals surface area contributed by atoms with Crippen molar-refractivity contribution in [2.24, 2.45) is 0 Å². The number of carbonyl (C=O) groups is 1. The molecule has 0 aromatic heterocycles. The Bertz CT molecular complexity index is 701. The Morgan fingerprint density at radius 3 is 2.55 bits per heavy atom. The summed E-state index contributed by atoms with van der Waals surface area (Å²) in [5.41, 5.74) is -0.553. The lowest BCUT2D eigenvalue weighted by molar-refractivity contribution is -0.137. The average Bonchev–Trinajstić information content (AvgIpc) is 2.46. The molecule has 0 saturated heterocycles. The van der Waals surface area contributed by atoms with Crippen LogP contribution in [0.15, 0.2) is 46.9 Å². The lowest BCUT2D eigenvalue weighted by Crippen LogP contribution is -2.14. The van der Waals surface area contributed by atoms with Gasteiger partial charge in [-0.15, -0.1) is 0 Å². The molecule has 0 radical (unpaired) electrons. The zero-order valence-electron chi connectivity index (χ0n) is 11.4. The Morgan fingerprint density at radius 1 is 1.18 bits per heavy atom. The first-order chi connectivity index (χ1) is 10.3. The lowest BCUT2D eigenvalue weighted by Gasteiger charge is -2.12. The number of hydrogen-bond acceptors (Lipinski definition) is 2. The summed E-state index contributed by atoms with van der Waals surface area (Å²) in [4.78, 5) is 12.2. The largest absolute Gasteiger partial charge is 0.496 e. The van der Waals surface area contributed by atoms with E-state index in [1.54, 1.807) is 12.1 Å². The van der Waals surface area contributed by atoms with Gasteiger partial charge >= 0.3 is 6.18 Å². The van der Waals surface area contributed by atoms with Gasteiger partial charge in [-0.25, -0.2) is 0 Å². The number of halogens is 4. The molecule has 0 heterocycles. The van der Waals surface area contributed by atoms with Gasteiger partial charge in [-0.1, -0.05) is 22.0 Å². The zero-order valence-corrected chi connectivity index (χ0v) is 13.0. The van der Waals surface area contributed by atoms with Gasteiger partial charge in [-0.05, 0) is 36.4 Å². The SMILES string of the molecule is COc1ccc(Br)cc1C(=O)Nc1cccc(C(F)(F)F)c1. The molecule has 0 fully saturated rings. The molecule has 2 rings (SSSR count). The molecule has 7 heteroatoms. The number of nitrogens with one attached hydrogen (secondary N) is 1. The van der Waals surface area contributed by atoms with Crippen molar-refractivity contribution in [3.05, 3.63) is 58.1 Å². The third-order valence-electron chi connectivity index (χ3n) is 2.85. The summed E-state index contributed by atoms with van der Waals surface area (Å²) >= 11 is 3.23. The molecule has 0 aliphatic rings. The van der Waals surface area contributed by atoms with Crippen LogP contribution in [0.3, 0.4) is 0 Å². The molecule has 22 heavy (non-hydrogen) atoms. The fourth-order valence-electron chi connectivity index (χ4n) is 1.83. The molecule has 116 valence electrons. The van der Waals surface area contributed by atoms with Crippen LogP contribution in [-0.2, 0) is 6.18 Å². The second-order valence-corrected chi connectivity index (χ2v) is 5.29. The predicted octanol–water partition coefficient (Wildman–Crippen LogP) is 4.73. The van der Waals surface area contributed by atoms with Crippen molar-refractivity contribution in [3.8, 4) is 5.75 Å². The molecule has 3 nitrogen and oxygen atoms in total. The van der Waals surface area contributed by atoms with E-state index in [1.807, 2.05) is 0 Å². The Morgan fingerprint density at radius 2 is 1.91 bits per heavy atom. The Kier molecular flexibility index (Phi) is 4.75. The van der Waals surface area contributed by atoms with Crippen molar-refractivity contribution >= 4 is 27.5 Å². The highest BCUT2D eigenvalue weighted by Gasteiger charge is 2.30. The molecule has 0 unspecified atom stereocenters. The minimum absolute atomic E-state index is 0.0573. The van der Waals surface area contributed by atoms with Gasteiger partial charge in [0, 0.05) is 10.2 Å². The lowest BCUT2D eigenvalue weighted by atomic mass is 10.1. The van der Waals surface area contributed by atoms with Crippen LogP contribution in [0.4, 0.5) is 18.9 Å². The van der Waals surface area contributed by atoms with E-state index in [2.05, 4.69) is 21.2 Å². The van der Waals surface area contributed by atoms with Gasteiger partial charge in [0.25, 0.3) is 5.91 Å². The van der Waals surface area contributed by atoms with Gasteiger partial charge in [-0.3, -0.25) is 4.79 Å². The number of carbonyl (C=O) groups excluding carboxylic acids is 1. The van der Waals surface area contributed by atoms with E-state index in [4.69, 9.17) is 4.74 Å². The van der Waals surface area contributed by atoms with Crippen LogP contribution in [-0.4, -0.2) is 13.0 Å². The fraction of sp³-hybridized carbons (Fsp3) is 0.133. The maximum atomic E-state index is 12.7. The Hall–Kier alpha value is -2.02. The number of ether oxygens (including phenoxy) is 1. The highest BCUT2D eigenvalue weighted by atomic mass is 79.9. The maximum absolute atomic E-state index is 12.7. The second kappa shape index (κ2) is 6.39.